The van der Waals surface area contributed by atoms with Gasteiger partial charge < -0.3 is 25.7 Å². The third-order valence-corrected chi connectivity index (χ3v) is 3.44. The van der Waals surface area contributed by atoms with Gasteiger partial charge in [-0.05, 0) is 45.8 Å². The molecular formula is C12H23N3O4. The smallest absolute Gasteiger partial charge is 0.337 e. The van der Waals surface area contributed by atoms with Crippen molar-refractivity contribution in [3.05, 3.63) is 0 Å². The zero-order valence-electron chi connectivity index (χ0n) is 11.5. The molecule has 0 radical (unpaired) electrons. The number of nitrogens with zero attached hydrogens (tertiary/aromatic N) is 1. The van der Waals surface area contributed by atoms with Crippen LogP contribution in [0.1, 0.15) is 19.8 Å². The number of rotatable bonds is 5. The molecular weight excluding hydrogens is 250 g/mol. The third kappa shape index (κ3) is 5.44. The molecule has 1 unspecified atom stereocenters. The number of carboxylic acids is 1. The quantitative estimate of drug-likeness (QED) is 0.539. The maximum Gasteiger partial charge on any atom is 0.337 e. The van der Waals surface area contributed by atoms with Crippen LogP contribution < -0.4 is 10.6 Å². The van der Waals surface area contributed by atoms with Crippen LogP contribution in [0.15, 0.2) is 0 Å². The van der Waals surface area contributed by atoms with E-state index in [0.29, 0.717) is 12.5 Å². The van der Waals surface area contributed by atoms with Gasteiger partial charge >= 0.3 is 12.0 Å². The van der Waals surface area contributed by atoms with Gasteiger partial charge in [0.25, 0.3) is 0 Å². The van der Waals surface area contributed by atoms with Gasteiger partial charge in [-0.3, -0.25) is 0 Å². The van der Waals surface area contributed by atoms with Crippen LogP contribution in [0.4, 0.5) is 4.79 Å². The third-order valence-electron chi connectivity index (χ3n) is 3.44. The number of carbonyl (C=O) groups excluding carboxylic acids is 1. The van der Waals surface area contributed by atoms with E-state index in [9.17, 15) is 14.7 Å². The summed E-state index contributed by atoms with van der Waals surface area (Å²) in [6, 6.07) is -0.444. The summed E-state index contributed by atoms with van der Waals surface area (Å²) in [7, 11) is 2.07. The second kappa shape index (κ2) is 6.72. The Morgan fingerprint density at radius 1 is 1.32 bits per heavy atom. The van der Waals surface area contributed by atoms with Crippen LogP contribution in [-0.2, 0) is 4.79 Å². The molecule has 0 aromatic rings. The number of hydrogen-bond donors (Lipinski definition) is 4. The Labute approximate surface area is 113 Å². The molecule has 0 aliphatic carbocycles. The number of carbonyl (C=O) groups is 2. The Kier molecular flexibility index (Phi) is 5.56. The molecule has 7 nitrogen and oxygen atoms in total. The average molecular weight is 273 g/mol. The van der Waals surface area contributed by atoms with E-state index in [0.717, 1.165) is 32.9 Å². The molecule has 7 heteroatoms. The number of nitrogens with one attached hydrogen (secondary N) is 2. The number of amides is 2. The van der Waals surface area contributed by atoms with Gasteiger partial charge in [0.05, 0.1) is 6.54 Å². The SMILES string of the molecule is CN1CCC(CNC(=O)NCC(C)(O)C(=O)O)CC1. The highest BCUT2D eigenvalue weighted by Gasteiger charge is 2.30. The monoisotopic (exact) mass is 273 g/mol. The molecule has 4 N–H and O–H groups in total. The minimum absolute atomic E-state index is 0.318. The van der Waals surface area contributed by atoms with Crippen molar-refractivity contribution in [3.63, 3.8) is 0 Å². The number of carboxylic acid groups (broad SMARTS) is 1. The molecule has 0 bridgehead atoms. The maximum absolute atomic E-state index is 11.5. The van der Waals surface area contributed by atoms with E-state index in [1.54, 1.807) is 0 Å². The van der Waals surface area contributed by atoms with Gasteiger partial charge in [0, 0.05) is 6.54 Å². The highest BCUT2D eigenvalue weighted by atomic mass is 16.4. The lowest BCUT2D eigenvalue weighted by Gasteiger charge is -2.29. The molecule has 0 aromatic heterocycles. The predicted octanol–water partition coefficient (Wildman–Crippen LogP) is -0.537. The second-order valence-electron chi connectivity index (χ2n) is 5.39. The molecule has 110 valence electrons. The molecule has 1 heterocycles. The van der Waals surface area contributed by atoms with Crippen LogP contribution in [0.25, 0.3) is 0 Å². The Morgan fingerprint density at radius 2 is 1.89 bits per heavy atom. The van der Waals surface area contributed by atoms with Crippen molar-refractivity contribution in [2.24, 2.45) is 5.92 Å². The van der Waals surface area contributed by atoms with E-state index >= 15 is 0 Å². The van der Waals surface area contributed by atoms with Gasteiger partial charge in [0.1, 0.15) is 0 Å². The molecule has 1 saturated heterocycles. The Balaban J connectivity index is 2.20. The predicted molar refractivity (Wildman–Crippen MR) is 69.9 cm³/mol. The summed E-state index contributed by atoms with van der Waals surface area (Å²) in [4.78, 5) is 24.4. The number of likely N-dealkylation sites (tertiary alicyclic amines) is 1. The van der Waals surface area contributed by atoms with Gasteiger partial charge in [0.2, 0.25) is 0 Å². The van der Waals surface area contributed by atoms with Crippen LogP contribution in [0.5, 0.6) is 0 Å². The first-order valence-electron chi connectivity index (χ1n) is 6.47. The summed E-state index contributed by atoms with van der Waals surface area (Å²) in [6.07, 6.45) is 2.09. The second-order valence-corrected chi connectivity index (χ2v) is 5.39. The molecule has 19 heavy (non-hydrogen) atoms. The molecule has 1 aliphatic rings. The van der Waals surface area contributed by atoms with E-state index in [4.69, 9.17) is 5.11 Å². The average Bonchev–Trinajstić information content (AvgIpc) is 2.35. The van der Waals surface area contributed by atoms with E-state index in [2.05, 4.69) is 22.6 Å². The fourth-order valence-electron chi connectivity index (χ4n) is 1.89. The fourth-order valence-corrected chi connectivity index (χ4v) is 1.89. The molecule has 0 spiro atoms. The number of hydrogen-bond acceptors (Lipinski definition) is 4. The van der Waals surface area contributed by atoms with Crippen LogP contribution in [0, 0.1) is 5.92 Å². The van der Waals surface area contributed by atoms with E-state index in [1.807, 2.05) is 0 Å². The molecule has 1 rings (SSSR count). The molecule has 0 aromatic carbocycles. The largest absolute Gasteiger partial charge is 0.479 e. The van der Waals surface area contributed by atoms with Gasteiger partial charge in [0.15, 0.2) is 5.60 Å². The molecule has 1 atom stereocenters. The van der Waals surface area contributed by atoms with E-state index < -0.39 is 17.6 Å². The summed E-state index contributed by atoms with van der Waals surface area (Å²) in [5.74, 6) is -0.898. The normalized spacial score (nSPS) is 20.6. The topological polar surface area (TPSA) is 102 Å². The number of aliphatic hydroxyl groups is 1. The Morgan fingerprint density at radius 3 is 2.42 bits per heavy atom. The highest BCUT2D eigenvalue weighted by Crippen LogP contribution is 2.14. The van der Waals surface area contributed by atoms with Crippen LogP contribution in [0.3, 0.4) is 0 Å². The van der Waals surface area contributed by atoms with Crippen molar-refractivity contribution in [3.8, 4) is 0 Å². The Hall–Kier alpha value is -1.34. The maximum atomic E-state index is 11.5. The van der Waals surface area contributed by atoms with Crippen LogP contribution >= 0.6 is 0 Å². The first kappa shape index (κ1) is 15.7. The van der Waals surface area contributed by atoms with Crippen molar-refractivity contribution >= 4 is 12.0 Å². The number of aliphatic carboxylic acids is 1. The van der Waals surface area contributed by atoms with Crippen molar-refractivity contribution < 1.29 is 19.8 Å². The lowest BCUT2D eigenvalue weighted by molar-refractivity contribution is -0.155. The van der Waals surface area contributed by atoms with Crippen LogP contribution in [0.2, 0.25) is 0 Å². The van der Waals surface area contributed by atoms with Gasteiger partial charge in [-0.25, -0.2) is 9.59 Å². The molecule has 0 saturated carbocycles. The fraction of sp³-hybridized carbons (Fsp3) is 0.833. The zero-order chi connectivity index (χ0) is 14.5. The zero-order valence-corrected chi connectivity index (χ0v) is 11.5. The van der Waals surface area contributed by atoms with Crippen molar-refractivity contribution in [2.45, 2.75) is 25.4 Å². The summed E-state index contributed by atoms with van der Waals surface area (Å²) in [5, 5.41) is 23.2. The van der Waals surface area contributed by atoms with Crippen molar-refractivity contribution in [1.29, 1.82) is 0 Å². The first-order chi connectivity index (χ1) is 8.81. The van der Waals surface area contributed by atoms with E-state index in [1.165, 1.54) is 0 Å². The summed E-state index contributed by atoms with van der Waals surface area (Å²) < 4.78 is 0. The minimum Gasteiger partial charge on any atom is -0.479 e. The van der Waals surface area contributed by atoms with Crippen molar-refractivity contribution in [2.75, 3.05) is 33.2 Å². The minimum atomic E-state index is -1.94. The summed E-state index contributed by atoms with van der Waals surface area (Å²) in [5.41, 5.74) is -1.94. The van der Waals surface area contributed by atoms with Gasteiger partial charge in [-0.2, -0.15) is 0 Å². The molecule has 1 aliphatic heterocycles. The Bertz CT molecular complexity index is 325. The number of piperidine rings is 1. The highest BCUT2D eigenvalue weighted by molar-refractivity contribution is 5.79. The van der Waals surface area contributed by atoms with Crippen LogP contribution in [-0.4, -0.2) is 65.9 Å². The molecule has 1 fully saturated rings. The lowest BCUT2D eigenvalue weighted by Crippen LogP contribution is -2.50. The lowest BCUT2D eigenvalue weighted by atomic mass is 9.97. The number of urea groups is 1. The summed E-state index contributed by atoms with van der Waals surface area (Å²) in [6.45, 7) is 3.46. The van der Waals surface area contributed by atoms with Gasteiger partial charge in [-0.1, -0.05) is 0 Å². The summed E-state index contributed by atoms with van der Waals surface area (Å²) >= 11 is 0. The van der Waals surface area contributed by atoms with Crippen molar-refractivity contribution in [1.82, 2.24) is 15.5 Å². The van der Waals surface area contributed by atoms with E-state index in [-0.39, 0.29) is 6.54 Å². The van der Waals surface area contributed by atoms with Gasteiger partial charge in [-0.15, -0.1) is 0 Å². The standard InChI is InChI=1S/C12H23N3O4/c1-12(19,10(16)17)8-14-11(18)13-7-9-3-5-15(2)6-4-9/h9,19H,3-8H2,1-2H3,(H,16,17)(H2,13,14,18). The first-order valence-corrected chi connectivity index (χ1v) is 6.47. The molecule has 2 amide bonds.